The van der Waals surface area contributed by atoms with Crippen LogP contribution in [0.4, 0.5) is 11.4 Å². The van der Waals surface area contributed by atoms with Gasteiger partial charge in [-0.1, -0.05) is 6.07 Å². The zero-order chi connectivity index (χ0) is 23.9. The van der Waals surface area contributed by atoms with Gasteiger partial charge in [-0.3, -0.25) is 4.98 Å². The highest BCUT2D eigenvalue weighted by Crippen LogP contribution is 2.38. The molecule has 4 rings (SSSR count). The molecule has 1 heterocycles. The Labute approximate surface area is 201 Å². The first-order valence-corrected chi connectivity index (χ1v) is 11.8. The van der Waals surface area contributed by atoms with E-state index in [4.69, 9.17) is 9.47 Å². The number of nitrogens with zero attached hydrogens (tertiary/aromatic N) is 2. The fourth-order valence-electron chi connectivity index (χ4n) is 4.73. The van der Waals surface area contributed by atoms with Crippen LogP contribution in [0.5, 0.6) is 5.75 Å². The summed E-state index contributed by atoms with van der Waals surface area (Å²) in [5, 5.41) is 9.46. The summed E-state index contributed by atoms with van der Waals surface area (Å²) in [6, 6.07) is 16.4. The van der Waals surface area contributed by atoms with E-state index < -0.39 is 5.97 Å². The maximum Gasteiger partial charge on any atom is 0.336 e. The van der Waals surface area contributed by atoms with Crippen molar-refractivity contribution in [3.63, 3.8) is 0 Å². The van der Waals surface area contributed by atoms with Gasteiger partial charge in [0.15, 0.2) is 0 Å². The monoisotopic (exact) mass is 460 g/mol. The lowest BCUT2D eigenvalue weighted by molar-refractivity contribution is 0.0695. The second-order valence-electron chi connectivity index (χ2n) is 8.74. The average Bonchev–Trinajstić information content (AvgIpc) is 2.87. The number of rotatable bonds is 10. The second kappa shape index (κ2) is 11.2. The van der Waals surface area contributed by atoms with Gasteiger partial charge in [0.1, 0.15) is 12.4 Å². The van der Waals surface area contributed by atoms with Crippen LogP contribution in [0.15, 0.2) is 60.9 Å². The van der Waals surface area contributed by atoms with E-state index in [1.54, 1.807) is 25.6 Å². The van der Waals surface area contributed by atoms with Crippen LogP contribution in [-0.4, -0.2) is 43.4 Å². The van der Waals surface area contributed by atoms with E-state index in [1.165, 1.54) is 11.1 Å². The van der Waals surface area contributed by atoms with E-state index in [2.05, 4.69) is 47.3 Å². The zero-order valence-corrected chi connectivity index (χ0v) is 19.9. The van der Waals surface area contributed by atoms with Gasteiger partial charge in [0.2, 0.25) is 0 Å². The molecule has 1 aromatic heterocycles. The van der Waals surface area contributed by atoms with Gasteiger partial charge in [0.05, 0.1) is 12.2 Å². The van der Waals surface area contributed by atoms with Crippen molar-refractivity contribution in [3.8, 4) is 5.75 Å². The highest BCUT2D eigenvalue weighted by Gasteiger charge is 2.22. The number of carboxylic acid groups (broad SMARTS) is 1. The standard InChI is InChI=1S/C28H32N2O4/c1-30(23-8-11-25(12-9-23)34-17-16-33-2)24-10-13-26-20(4-3-5-21(26)18-24)6-7-22-19-29-15-14-27(22)28(31)32/h8-15,18-20H,3-7,16-17H2,1-2H3,(H,31,32)/t20-/m0/s1. The van der Waals surface area contributed by atoms with Crippen LogP contribution in [0.2, 0.25) is 0 Å². The number of aromatic carboxylic acids is 1. The Balaban J connectivity index is 1.45. The molecule has 0 spiro atoms. The number of fused-ring (bicyclic) bond motifs is 1. The van der Waals surface area contributed by atoms with Gasteiger partial charge in [0, 0.05) is 37.9 Å². The van der Waals surface area contributed by atoms with E-state index in [1.807, 2.05) is 12.1 Å². The number of ether oxygens (including phenoxy) is 2. The van der Waals surface area contributed by atoms with Crippen LogP contribution >= 0.6 is 0 Å². The molecule has 3 aromatic rings. The molecular weight excluding hydrogens is 428 g/mol. The lowest BCUT2D eigenvalue weighted by Gasteiger charge is -2.28. The number of aromatic nitrogens is 1. The van der Waals surface area contributed by atoms with Crippen molar-refractivity contribution in [1.29, 1.82) is 0 Å². The highest BCUT2D eigenvalue weighted by atomic mass is 16.5. The van der Waals surface area contributed by atoms with Gasteiger partial charge in [-0.2, -0.15) is 0 Å². The van der Waals surface area contributed by atoms with Gasteiger partial charge in [-0.15, -0.1) is 0 Å². The third-order valence-corrected chi connectivity index (χ3v) is 6.63. The topological polar surface area (TPSA) is 71.9 Å². The molecule has 0 saturated heterocycles. The molecule has 6 nitrogen and oxygen atoms in total. The van der Waals surface area contributed by atoms with E-state index >= 15 is 0 Å². The molecule has 0 bridgehead atoms. The van der Waals surface area contributed by atoms with Gasteiger partial charge in [0.25, 0.3) is 0 Å². The molecule has 6 heteroatoms. The molecule has 0 radical (unpaired) electrons. The summed E-state index contributed by atoms with van der Waals surface area (Å²) in [7, 11) is 3.75. The maximum absolute atomic E-state index is 11.5. The maximum atomic E-state index is 11.5. The van der Waals surface area contributed by atoms with Crippen molar-refractivity contribution in [1.82, 2.24) is 4.98 Å². The van der Waals surface area contributed by atoms with Crippen molar-refractivity contribution >= 4 is 17.3 Å². The Morgan fingerprint density at radius 2 is 1.91 bits per heavy atom. The number of pyridine rings is 1. The lowest BCUT2D eigenvalue weighted by Crippen LogP contribution is -2.14. The molecule has 34 heavy (non-hydrogen) atoms. The number of hydrogen-bond donors (Lipinski definition) is 1. The predicted octanol–water partition coefficient (Wildman–Crippen LogP) is 5.63. The number of anilines is 2. The number of carbonyl (C=O) groups is 1. The number of aryl methyl sites for hydroxylation is 2. The Bertz CT molecular complexity index is 1110. The first-order valence-electron chi connectivity index (χ1n) is 11.8. The molecule has 0 aliphatic heterocycles. The van der Waals surface area contributed by atoms with Gasteiger partial charge < -0.3 is 19.5 Å². The minimum atomic E-state index is -0.885. The molecular formula is C28H32N2O4. The Kier molecular flexibility index (Phi) is 7.80. The summed E-state index contributed by atoms with van der Waals surface area (Å²) in [4.78, 5) is 17.9. The Morgan fingerprint density at radius 1 is 1.12 bits per heavy atom. The molecule has 0 amide bonds. The first kappa shape index (κ1) is 23.8. The summed E-state index contributed by atoms with van der Waals surface area (Å²) >= 11 is 0. The smallest absolute Gasteiger partial charge is 0.336 e. The summed E-state index contributed by atoms with van der Waals surface area (Å²) in [6.45, 7) is 1.11. The molecule has 1 atom stereocenters. The molecule has 0 saturated carbocycles. The van der Waals surface area contributed by atoms with E-state index in [-0.39, 0.29) is 0 Å². The number of carboxylic acids is 1. The number of hydrogen-bond acceptors (Lipinski definition) is 5. The molecule has 1 aliphatic carbocycles. The summed E-state index contributed by atoms with van der Waals surface area (Å²) in [6.07, 6.45) is 8.25. The van der Waals surface area contributed by atoms with Gasteiger partial charge in [-0.05, 0) is 97.2 Å². The normalized spacial score (nSPS) is 14.9. The van der Waals surface area contributed by atoms with E-state index in [9.17, 15) is 9.90 Å². The SMILES string of the molecule is COCCOc1ccc(N(C)c2ccc3c(c2)CCC[C@H]3CCc2cnccc2C(=O)O)cc1. The van der Waals surface area contributed by atoms with Crippen LogP contribution in [0, 0.1) is 0 Å². The number of benzene rings is 2. The van der Waals surface area contributed by atoms with Crippen LogP contribution in [-0.2, 0) is 17.6 Å². The van der Waals surface area contributed by atoms with Crippen LogP contribution < -0.4 is 9.64 Å². The molecule has 178 valence electrons. The molecule has 2 aromatic carbocycles. The fourth-order valence-corrected chi connectivity index (χ4v) is 4.73. The van der Waals surface area contributed by atoms with Crippen LogP contribution in [0.1, 0.15) is 52.2 Å². The van der Waals surface area contributed by atoms with Crippen molar-refractivity contribution in [2.24, 2.45) is 0 Å². The van der Waals surface area contributed by atoms with Gasteiger partial charge >= 0.3 is 5.97 Å². The fraction of sp³-hybridized carbons (Fsp3) is 0.357. The van der Waals surface area contributed by atoms with Crippen LogP contribution in [0.25, 0.3) is 0 Å². The summed E-state index contributed by atoms with van der Waals surface area (Å²) in [5.41, 5.74) is 6.22. The number of methoxy groups -OCH3 is 1. The third-order valence-electron chi connectivity index (χ3n) is 6.63. The van der Waals surface area contributed by atoms with E-state index in [0.29, 0.717) is 24.7 Å². The van der Waals surface area contributed by atoms with E-state index in [0.717, 1.165) is 54.8 Å². The predicted molar refractivity (Wildman–Crippen MR) is 134 cm³/mol. The summed E-state index contributed by atoms with van der Waals surface area (Å²) in [5.74, 6) is 0.388. The Hall–Kier alpha value is -3.38. The van der Waals surface area contributed by atoms with Crippen molar-refractivity contribution < 1.29 is 19.4 Å². The van der Waals surface area contributed by atoms with Crippen molar-refractivity contribution in [3.05, 3.63) is 83.2 Å². The second-order valence-corrected chi connectivity index (χ2v) is 8.74. The van der Waals surface area contributed by atoms with Crippen LogP contribution in [0.3, 0.4) is 0 Å². The quantitative estimate of drug-likeness (QED) is 0.396. The first-order chi connectivity index (χ1) is 16.6. The minimum absolute atomic E-state index is 0.359. The average molecular weight is 461 g/mol. The Morgan fingerprint density at radius 3 is 2.68 bits per heavy atom. The minimum Gasteiger partial charge on any atom is -0.491 e. The van der Waals surface area contributed by atoms with Gasteiger partial charge in [-0.25, -0.2) is 4.79 Å². The molecule has 0 fully saturated rings. The van der Waals surface area contributed by atoms with Crippen molar-refractivity contribution in [2.75, 3.05) is 32.3 Å². The molecule has 1 N–H and O–H groups in total. The third kappa shape index (κ3) is 5.57. The molecule has 1 aliphatic rings. The van der Waals surface area contributed by atoms with Crippen molar-refractivity contribution in [2.45, 2.75) is 38.0 Å². The molecule has 0 unspecified atom stereocenters. The lowest BCUT2D eigenvalue weighted by atomic mass is 9.79. The zero-order valence-electron chi connectivity index (χ0n) is 19.9. The largest absolute Gasteiger partial charge is 0.491 e. The highest BCUT2D eigenvalue weighted by molar-refractivity contribution is 5.89. The summed E-state index contributed by atoms with van der Waals surface area (Å²) < 4.78 is 10.7.